The lowest BCUT2D eigenvalue weighted by molar-refractivity contribution is -0.116. The van der Waals surface area contributed by atoms with Gasteiger partial charge in [-0.05, 0) is 63.9 Å². The highest BCUT2D eigenvalue weighted by Gasteiger charge is 2.21. The van der Waals surface area contributed by atoms with Crippen LogP contribution in [0, 0.1) is 20.8 Å². The number of hydrogen-bond acceptors (Lipinski definition) is 5. The number of ether oxygens (including phenoxy) is 2. The Morgan fingerprint density at radius 3 is 2.50 bits per heavy atom. The highest BCUT2D eigenvalue weighted by molar-refractivity contribution is 5.92. The molecule has 0 spiro atoms. The van der Waals surface area contributed by atoms with Crippen LogP contribution < -0.4 is 14.8 Å². The van der Waals surface area contributed by atoms with Gasteiger partial charge in [-0.2, -0.15) is 10.1 Å². The number of rotatable bonds is 8. The van der Waals surface area contributed by atoms with E-state index in [1.807, 2.05) is 61.9 Å². The van der Waals surface area contributed by atoms with Gasteiger partial charge in [0.15, 0.2) is 5.65 Å². The molecule has 0 fully saturated rings. The molecule has 2 aromatic heterocycles. The molecule has 0 bridgehead atoms. The number of pyridine rings is 1. The fourth-order valence-electron chi connectivity index (χ4n) is 4.15. The predicted molar refractivity (Wildman–Crippen MR) is 134 cm³/mol. The van der Waals surface area contributed by atoms with Crippen molar-refractivity contribution in [3.8, 4) is 17.3 Å². The minimum Gasteiger partial charge on any atom is -0.495 e. The molecule has 0 radical (unpaired) electrons. The zero-order chi connectivity index (χ0) is 24.2. The molecule has 7 heteroatoms. The summed E-state index contributed by atoms with van der Waals surface area (Å²) in [6.07, 6.45) is 0.789. The van der Waals surface area contributed by atoms with Crippen molar-refractivity contribution in [3.05, 3.63) is 70.9 Å². The number of aryl methyl sites for hydroxylation is 3. The molecule has 4 rings (SSSR count). The molecule has 2 aromatic carbocycles. The maximum absolute atomic E-state index is 12.7. The van der Waals surface area contributed by atoms with Crippen LogP contribution in [0.15, 0.2) is 48.5 Å². The van der Waals surface area contributed by atoms with Crippen molar-refractivity contribution >= 4 is 22.6 Å². The molecule has 0 atom stereocenters. The van der Waals surface area contributed by atoms with Crippen molar-refractivity contribution in [2.75, 3.05) is 19.0 Å². The van der Waals surface area contributed by atoms with Crippen LogP contribution >= 0.6 is 0 Å². The molecule has 0 unspecified atom stereocenters. The van der Waals surface area contributed by atoms with Crippen LogP contribution in [-0.4, -0.2) is 34.4 Å². The molecule has 0 saturated carbocycles. The standard InChI is InChI=1S/C27H30N4O3/c1-6-34-27-21(15-16-24(32)28-22-9-7-8-10-23(22)33-5)18(3)25-19(4)30-31(26(25)29-27)20-13-11-17(2)12-14-20/h7-14H,6,15-16H2,1-5H3,(H,28,32). The summed E-state index contributed by atoms with van der Waals surface area (Å²) >= 11 is 0. The molecule has 2 heterocycles. The monoisotopic (exact) mass is 458 g/mol. The van der Waals surface area contributed by atoms with E-state index in [1.165, 1.54) is 5.56 Å². The maximum Gasteiger partial charge on any atom is 0.224 e. The van der Waals surface area contributed by atoms with E-state index < -0.39 is 0 Å². The molecule has 1 N–H and O–H groups in total. The van der Waals surface area contributed by atoms with Gasteiger partial charge in [-0.3, -0.25) is 4.79 Å². The van der Waals surface area contributed by atoms with E-state index in [4.69, 9.17) is 19.6 Å². The number of benzene rings is 2. The van der Waals surface area contributed by atoms with Crippen molar-refractivity contribution in [3.63, 3.8) is 0 Å². The number of methoxy groups -OCH3 is 1. The minimum atomic E-state index is -0.0986. The molecule has 0 saturated heterocycles. The normalized spacial score (nSPS) is 11.0. The molecule has 1 amide bonds. The Kier molecular flexibility index (Phi) is 6.82. The van der Waals surface area contributed by atoms with Gasteiger partial charge in [0.1, 0.15) is 5.75 Å². The summed E-state index contributed by atoms with van der Waals surface area (Å²) in [4.78, 5) is 17.6. The van der Waals surface area contributed by atoms with Gasteiger partial charge in [0.25, 0.3) is 0 Å². The van der Waals surface area contributed by atoms with Gasteiger partial charge in [0.05, 0.1) is 30.8 Å². The molecule has 0 aliphatic heterocycles. The van der Waals surface area contributed by atoms with Crippen molar-refractivity contribution in [2.24, 2.45) is 0 Å². The van der Waals surface area contributed by atoms with Gasteiger partial charge >= 0.3 is 0 Å². The van der Waals surface area contributed by atoms with Crippen LogP contribution in [0.25, 0.3) is 16.7 Å². The van der Waals surface area contributed by atoms with Crippen LogP contribution in [0.3, 0.4) is 0 Å². The lowest BCUT2D eigenvalue weighted by Crippen LogP contribution is -2.14. The van der Waals surface area contributed by atoms with E-state index in [9.17, 15) is 4.79 Å². The van der Waals surface area contributed by atoms with Gasteiger partial charge < -0.3 is 14.8 Å². The van der Waals surface area contributed by atoms with Crippen LogP contribution in [0.5, 0.6) is 11.6 Å². The summed E-state index contributed by atoms with van der Waals surface area (Å²) < 4.78 is 13.1. The lowest BCUT2D eigenvalue weighted by atomic mass is 10.0. The van der Waals surface area contributed by atoms with Crippen LogP contribution in [0.2, 0.25) is 0 Å². The Bertz CT molecular complexity index is 1330. The molecule has 0 aliphatic rings. The van der Waals surface area contributed by atoms with Gasteiger partial charge in [0.2, 0.25) is 11.8 Å². The number of hydrogen-bond donors (Lipinski definition) is 1. The number of carbonyl (C=O) groups is 1. The number of para-hydroxylation sites is 2. The lowest BCUT2D eigenvalue weighted by Gasteiger charge is -2.14. The van der Waals surface area contributed by atoms with Crippen molar-refractivity contribution in [1.29, 1.82) is 0 Å². The number of carbonyl (C=O) groups excluding carboxylic acids is 1. The van der Waals surface area contributed by atoms with Crippen molar-refractivity contribution in [2.45, 2.75) is 40.5 Å². The van der Waals surface area contributed by atoms with E-state index in [-0.39, 0.29) is 12.3 Å². The topological polar surface area (TPSA) is 78.3 Å². The summed E-state index contributed by atoms with van der Waals surface area (Å²) in [5.41, 5.74) is 6.39. The van der Waals surface area contributed by atoms with Gasteiger partial charge in [-0.25, -0.2) is 4.68 Å². The Morgan fingerprint density at radius 1 is 1.06 bits per heavy atom. The Hall–Kier alpha value is -3.87. The molecule has 0 aliphatic carbocycles. The summed E-state index contributed by atoms with van der Waals surface area (Å²) in [5, 5.41) is 8.70. The first kappa shape index (κ1) is 23.3. The van der Waals surface area contributed by atoms with E-state index in [2.05, 4.69) is 24.4 Å². The summed E-state index contributed by atoms with van der Waals surface area (Å²) in [6, 6.07) is 15.6. The third-order valence-electron chi connectivity index (χ3n) is 5.87. The quantitative estimate of drug-likeness (QED) is 0.386. The van der Waals surface area contributed by atoms with E-state index >= 15 is 0 Å². The Balaban J connectivity index is 1.66. The number of nitrogens with zero attached hydrogens (tertiary/aromatic N) is 3. The average Bonchev–Trinajstić information content (AvgIpc) is 3.16. The second-order valence-corrected chi connectivity index (χ2v) is 8.23. The Labute approximate surface area is 199 Å². The Morgan fingerprint density at radius 2 is 1.79 bits per heavy atom. The van der Waals surface area contributed by atoms with Crippen molar-refractivity contribution in [1.82, 2.24) is 14.8 Å². The number of aromatic nitrogens is 3. The zero-order valence-electron chi connectivity index (χ0n) is 20.3. The third kappa shape index (κ3) is 4.59. The predicted octanol–water partition coefficient (Wildman–Crippen LogP) is 5.32. The highest BCUT2D eigenvalue weighted by Crippen LogP contribution is 2.32. The van der Waals surface area contributed by atoms with Gasteiger partial charge in [0, 0.05) is 17.4 Å². The fraction of sp³-hybridized carbons (Fsp3) is 0.296. The van der Waals surface area contributed by atoms with Gasteiger partial charge in [-0.15, -0.1) is 0 Å². The summed E-state index contributed by atoms with van der Waals surface area (Å²) in [7, 11) is 1.59. The van der Waals surface area contributed by atoms with E-state index in [0.29, 0.717) is 30.3 Å². The molecule has 176 valence electrons. The number of amides is 1. The summed E-state index contributed by atoms with van der Waals surface area (Å²) in [5.74, 6) is 1.08. The smallest absolute Gasteiger partial charge is 0.224 e. The second kappa shape index (κ2) is 9.95. The maximum atomic E-state index is 12.7. The zero-order valence-corrected chi connectivity index (χ0v) is 20.3. The van der Waals surface area contributed by atoms with Crippen LogP contribution in [0.1, 0.15) is 35.7 Å². The SMILES string of the molecule is CCOc1nc2c(c(C)nn2-c2ccc(C)cc2)c(C)c1CCC(=O)Nc1ccccc1OC. The third-order valence-corrected chi connectivity index (χ3v) is 5.87. The minimum absolute atomic E-state index is 0.0986. The van der Waals surface area contributed by atoms with Crippen molar-refractivity contribution < 1.29 is 14.3 Å². The average molecular weight is 459 g/mol. The van der Waals surface area contributed by atoms with E-state index in [0.717, 1.165) is 33.5 Å². The molecular formula is C27H30N4O3. The number of fused-ring (bicyclic) bond motifs is 1. The molecule has 4 aromatic rings. The first-order valence-corrected chi connectivity index (χ1v) is 11.4. The molecule has 34 heavy (non-hydrogen) atoms. The fourth-order valence-corrected chi connectivity index (χ4v) is 4.15. The number of anilines is 1. The van der Waals surface area contributed by atoms with E-state index in [1.54, 1.807) is 7.11 Å². The number of nitrogens with one attached hydrogen (secondary N) is 1. The second-order valence-electron chi connectivity index (χ2n) is 8.23. The summed E-state index contributed by atoms with van der Waals surface area (Å²) in [6.45, 7) is 8.51. The first-order chi connectivity index (χ1) is 16.4. The largest absolute Gasteiger partial charge is 0.495 e. The molecule has 7 nitrogen and oxygen atoms in total. The molecular weight excluding hydrogens is 428 g/mol. The highest BCUT2D eigenvalue weighted by atomic mass is 16.5. The van der Waals surface area contributed by atoms with Crippen LogP contribution in [-0.2, 0) is 11.2 Å². The first-order valence-electron chi connectivity index (χ1n) is 11.4. The van der Waals surface area contributed by atoms with Gasteiger partial charge in [-0.1, -0.05) is 29.8 Å². The van der Waals surface area contributed by atoms with Crippen LogP contribution in [0.4, 0.5) is 5.69 Å².